The lowest BCUT2D eigenvalue weighted by molar-refractivity contribution is -0.107. The number of carbonyl (C=O) groups is 1. The van der Waals surface area contributed by atoms with Crippen molar-refractivity contribution in [2.24, 2.45) is 0 Å². The van der Waals surface area contributed by atoms with Gasteiger partial charge in [0.15, 0.2) is 5.82 Å². The normalized spacial score (nSPS) is 17.5. The van der Waals surface area contributed by atoms with Crippen LogP contribution in [-0.2, 0) is 4.79 Å². The second-order valence-electron chi connectivity index (χ2n) is 3.31. The first-order valence-electron chi connectivity index (χ1n) is 4.56. The molecule has 13 heavy (non-hydrogen) atoms. The van der Waals surface area contributed by atoms with Gasteiger partial charge in [-0.3, -0.25) is 9.69 Å². The summed E-state index contributed by atoms with van der Waals surface area (Å²) in [5.74, 6) is 0.627. The molecule has 1 aromatic heterocycles. The second kappa shape index (κ2) is 3.60. The van der Waals surface area contributed by atoms with Gasteiger partial charge >= 0.3 is 0 Å². The van der Waals surface area contributed by atoms with Gasteiger partial charge in [0.1, 0.15) is 6.26 Å². The third kappa shape index (κ3) is 1.56. The van der Waals surface area contributed by atoms with E-state index in [1.165, 1.54) is 19.1 Å². The summed E-state index contributed by atoms with van der Waals surface area (Å²) in [5, 5.41) is 3.75. The molecule has 1 aliphatic carbocycles. The Morgan fingerprint density at radius 2 is 2.31 bits per heavy atom. The Morgan fingerprint density at radius 3 is 2.85 bits per heavy atom. The van der Waals surface area contributed by atoms with Gasteiger partial charge in [-0.1, -0.05) is 18.0 Å². The molecule has 1 fully saturated rings. The van der Waals surface area contributed by atoms with Crippen molar-refractivity contribution in [3.05, 3.63) is 12.3 Å². The molecule has 70 valence electrons. The highest BCUT2D eigenvalue weighted by molar-refractivity contribution is 5.73. The minimum atomic E-state index is 0.322. The van der Waals surface area contributed by atoms with Crippen molar-refractivity contribution in [3.8, 4) is 0 Å². The summed E-state index contributed by atoms with van der Waals surface area (Å²) in [5.41, 5.74) is 0. The van der Waals surface area contributed by atoms with Crippen LogP contribution in [-0.4, -0.2) is 17.6 Å². The topological polar surface area (TPSA) is 46.3 Å². The van der Waals surface area contributed by atoms with E-state index in [0.29, 0.717) is 11.9 Å². The Balaban J connectivity index is 2.13. The quantitative estimate of drug-likeness (QED) is 0.663. The maximum atomic E-state index is 10.8. The van der Waals surface area contributed by atoms with Crippen LogP contribution in [0.15, 0.2) is 16.9 Å². The first-order chi connectivity index (χ1) is 6.42. The van der Waals surface area contributed by atoms with Gasteiger partial charge in [-0.05, 0) is 12.8 Å². The average molecular weight is 180 g/mol. The van der Waals surface area contributed by atoms with Crippen LogP contribution in [0.3, 0.4) is 0 Å². The van der Waals surface area contributed by atoms with Crippen molar-refractivity contribution in [1.29, 1.82) is 0 Å². The Hall–Kier alpha value is -1.32. The van der Waals surface area contributed by atoms with Crippen molar-refractivity contribution in [2.75, 3.05) is 4.90 Å². The Bertz CT molecular complexity index is 265. The van der Waals surface area contributed by atoms with E-state index in [-0.39, 0.29) is 0 Å². The number of carbonyl (C=O) groups excluding carboxylic acids is 1. The molecule has 0 radical (unpaired) electrons. The molecule has 0 bridgehead atoms. The summed E-state index contributed by atoms with van der Waals surface area (Å²) in [6, 6.07) is 2.04. The molecular formula is C9H12N2O2. The predicted octanol–water partition coefficient (Wildman–Crippen LogP) is 1.58. The van der Waals surface area contributed by atoms with Crippen molar-refractivity contribution in [2.45, 2.75) is 31.7 Å². The smallest absolute Gasteiger partial charge is 0.215 e. The van der Waals surface area contributed by atoms with E-state index in [0.717, 1.165) is 19.3 Å². The van der Waals surface area contributed by atoms with Gasteiger partial charge in [-0.2, -0.15) is 0 Å². The van der Waals surface area contributed by atoms with Gasteiger partial charge in [-0.15, -0.1) is 0 Å². The summed E-state index contributed by atoms with van der Waals surface area (Å²) >= 11 is 0. The van der Waals surface area contributed by atoms with E-state index in [4.69, 9.17) is 4.52 Å². The zero-order valence-corrected chi connectivity index (χ0v) is 7.35. The van der Waals surface area contributed by atoms with Crippen LogP contribution in [0.1, 0.15) is 25.7 Å². The monoisotopic (exact) mass is 180 g/mol. The fourth-order valence-electron chi connectivity index (χ4n) is 1.85. The number of anilines is 1. The maximum absolute atomic E-state index is 10.8. The Labute approximate surface area is 76.5 Å². The zero-order valence-electron chi connectivity index (χ0n) is 7.35. The van der Waals surface area contributed by atoms with Crippen molar-refractivity contribution in [1.82, 2.24) is 5.16 Å². The van der Waals surface area contributed by atoms with Crippen LogP contribution in [0, 0.1) is 0 Å². The van der Waals surface area contributed by atoms with E-state index < -0.39 is 0 Å². The number of aromatic nitrogens is 1. The van der Waals surface area contributed by atoms with Crippen molar-refractivity contribution < 1.29 is 9.32 Å². The fourth-order valence-corrected chi connectivity index (χ4v) is 1.85. The number of rotatable bonds is 3. The summed E-state index contributed by atoms with van der Waals surface area (Å²) in [4.78, 5) is 12.5. The lowest BCUT2D eigenvalue weighted by atomic mass is 10.2. The number of amides is 1. The first kappa shape index (κ1) is 8.29. The van der Waals surface area contributed by atoms with E-state index in [1.54, 1.807) is 11.0 Å². The highest BCUT2D eigenvalue weighted by atomic mass is 16.5. The molecule has 0 atom stereocenters. The molecule has 1 saturated carbocycles. The van der Waals surface area contributed by atoms with Gasteiger partial charge in [0, 0.05) is 12.1 Å². The number of hydrogen-bond donors (Lipinski definition) is 0. The molecule has 0 spiro atoms. The summed E-state index contributed by atoms with van der Waals surface area (Å²) in [7, 11) is 0. The minimum absolute atomic E-state index is 0.322. The molecule has 0 aliphatic heterocycles. The molecule has 4 nitrogen and oxygen atoms in total. The Kier molecular flexibility index (Phi) is 2.29. The zero-order chi connectivity index (χ0) is 9.10. The molecule has 1 aliphatic rings. The molecule has 1 aromatic rings. The SMILES string of the molecule is O=CN(c1ccon1)C1CCCC1. The van der Waals surface area contributed by atoms with Gasteiger partial charge in [0.2, 0.25) is 6.41 Å². The van der Waals surface area contributed by atoms with E-state index in [2.05, 4.69) is 5.16 Å². The minimum Gasteiger partial charge on any atom is -0.363 e. The molecule has 0 N–H and O–H groups in total. The third-order valence-corrected chi connectivity index (χ3v) is 2.52. The summed E-state index contributed by atoms with van der Waals surface area (Å²) in [6.07, 6.45) is 6.88. The van der Waals surface area contributed by atoms with Crippen LogP contribution < -0.4 is 4.90 Å². The average Bonchev–Trinajstić information content (AvgIpc) is 2.76. The largest absolute Gasteiger partial charge is 0.363 e. The summed E-state index contributed by atoms with van der Waals surface area (Å²) in [6.45, 7) is 0. The third-order valence-electron chi connectivity index (χ3n) is 2.52. The molecule has 1 amide bonds. The number of hydrogen-bond acceptors (Lipinski definition) is 3. The molecule has 4 heteroatoms. The van der Waals surface area contributed by atoms with E-state index in [1.807, 2.05) is 0 Å². The number of nitrogens with zero attached hydrogens (tertiary/aromatic N) is 2. The first-order valence-corrected chi connectivity index (χ1v) is 4.56. The van der Waals surface area contributed by atoms with Gasteiger partial charge in [0.05, 0.1) is 0 Å². The van der Waals surface area contributed by atoms with Crippen LogP contribution in [0.2, 0.25) is 0 Å². The molecule has 2 rings (SSSR count). The second-order valence-corrected chi connectivity index (χ2v) is 3.31. The highest BCUT2D eigenvalue weighted by Crippen LogP contribution is 2.25. The maximum Gasteiger partial charge on any atom is 0.215 e. The molecule has 1 heterocycles. The molecular weight excluding hydrogens is 168 g/mol. The fraction of sp³-hybridized carbons (Fsp3) is 0.556. The summed E-state index contributed by atoms with van der Waals surface area (Å²) < 4.78 is 4.71. The van der Waals surface area contributed by atoms with Crippen molar-refractivity contribution >= 4 is 12.2 Å². The predicted molar refractivity (Wildman–Crippen MR) is 47.3 cm³/mol. The molecule has 0 saturated heterocycles. The Morgan fingerprint density at radius 1 is 1.54 bits per heavy atom. The molecule has 0 aromatic carbocycles. The van der Waals surface area contributed by atoms with Crippen LogP contribution >= 0.6 is 0 Å². The van der Waals surface area contributed by atoms with Crippen LogP contribution in [0.25, 0.3) is 0 Å². The van der Waals surface area contributed by atoms with Crippen LogP contribution in [0.5, 0.6) is 0 Å². The van der Waals surface area contributed by atoms with Gasteiger partial charge < -0.3 is 4.52 Å². The standard InChI is InChI=1S/C9H12N2O2/c12-7-11(8-3-1-2-4-8)9-5-6-13-10-9/h5-8H,1-4H2. The van der Waals surface area contributed by atoms with E-state index in [9.17, 15) is 4.79 Å². The van der Waals surface area contributed by atoms with Crippen LogP contribution in [0.4, 0.5) is 5.82 Å². The molecule has 0 unspecified atom stereocenters. The van der Waals surface area contributed by atoms with E-state index >= 15 is 0 Å². The van der Waals surface area contributed by atoms with Gasteiger partial charge in [0.25, 0.3) is 0 Å². The van der Waals surface area contributed by atoms with Gasteiger partial charge in [-0.25, -0.2) is 0 Å². The van der Waals surface area contributed by atoms with Crippen molar-refractivity contribution in [3.63, 3.8) is 0 Å². The lowest BCUT2D eigenvalue weighted by Gasteiger charge is -2.20. The highest BCUT2D eigenvalue weighted by Gasteiger charge is 2.23. The lowest BCUT2D eigenvalue weighted by Crippen LogP contribution is -2.31.